The summed E-state index contributed by atoms with van der Waals surface area (Å²) in [7, 11) is -3.36. The van der Waals surface area contributed by atoms with Gasteiger partial charge in [0, 0.05) is 26.2 Å². The quantitative estimate of drug-likeness (QED) is 0.757. The first-order valence-corrected chi connectivity index (χ1v) is 11.5. The van der Waals surface area contributed by atoms with E-state index in [1.807, 2.05) is 61.2 Å². The van der Waals surface area contributed by atoms with Gasteiger partial charge in [-0.2, -0.15) is 4.31 Å². The van der Waals surface area contributed by atoms with Crippen molar-refractivity contribution in [2.45, 2.75) is 19.6 Å². The summed E-state index contributed by atoms with van der Waals surface area (Å²) in [6.07, 6.45) is 0. The Kier molecular flexibility index (Phi) is 6.95. The van der Waals surface area contributed by atoms with E-state index in [1.165, 1.54) is 4.31 Å². The van der Waals surface area contributed by atoms with E-state index >= 15 is 0 Å². The van der Waals surface area contributed by atoms with Crippen molar-refractivity contribution in [1.82, 2.24) is 9.21 Å². The standard InChI is InChI=1S/C21H26ClN3O3S/c1-16-12-17(2)21(19(22)13-16)23-20(26)14-24-8-10-25(11-9-24)29(27,28)15-18-6-4-3-5-7-18/h3-7,12-13H,8-11,14-15H2,1-2H3,(H,23,26). The fourth-order valence-corrected chi connectivity index (χ4v) is 5.38. The molecule has 0 saturated carbocycles. The zero-order valence-corrected chi connectivity index (χ0v) is 18.3. The molecule has 0 radical (unpaired) electrons. The molecule has 0 unspecified atom stereocenters. The number of carbonyl (C=O) groups excluding carboxylic acids is 1. The number of halogens is 1. The Hall–Kier alpha value is -1.93. The second-order valence-corrected chi connectivity index (χ2v) is 9.78. The molecule has 1 fully saturated rings. The van der Waals surface area contributed by atoms with Crippen molar-refractivity contribution in [2.75, 3.05) is 38.0 Å². The molecule has 1 aliphatic heterocycles. The molecule has 0 aromatic heterocycles. The summed E-state index contributed by atoms with van der Waals surface area (Å²) in [5, 5.41) is 3.40. The van der Waals surface area contributed by atoms with Crippen LogP contribution in [0.4, 0.5) is 5.69 Å². The lowest BCUT2D eigenvalue weighted by Gasteiger charge is -2.33. The lowest BCUT2D eigenvalue weighted by molar-refractivity contribution is -0.117. The summed E-state index contributed by atoms with van der Waals surface area (Å²) >= 11 is 6.26. The van der Waals surface area contributed by atoms with Gasteiger partial charge in [-0.15, -0.1) is 0 Å². The van der Waals surface area contributed by atoms with Crippen LogP contribution in [-0.2, 0) is 20.6 Å². The number of amides is 1. The predicted molar refractivity (Wildman–Crippen MR) is 117 cm³/mol. The van der Waals surface area contributed by atoms with Gasteiger partial charge in [0.15, 0.2) is 0 Å². The molecule has 29 heavy (non-hydrogen) atoms. The summed E-state index contributed by atoms with van der Waals surface area (Å²) in [6, 6.07) is 13.0. The normalized spacial score (nSPS) is 16.0. The maximum Gasteiger partial charge on any atom is 0.238 e. The van der Waals surface area contributed by atoms with Crippen molar-refractivity contribution in [3.63, 3.8) is 0 Å². The number of sulfonamides is 1. The van der Waals surface area contributed by atoms with Crippen LogP contribution in [0.25, 0.3) is 0 Å². The van der Waals surface area contributed by atoms with Crippen molar-refractivity contribution < 1.29 is 13.2 Å². The summed E-state index contributed by atoms with van der Waals surface area (Å²) in [5.74, 6) is -0.154. The highest BCUT2D eigenvalue weighted by atomic mass is 35.5. The van der Waals surface area contributed by atoms with Crippen LogP contribution in [0.5, 0.6) is 0 Å². The van der Waals surface area contributed by atoms with Crippen LogP contribution in [0.2, 0.25) is 5.02 Å². The molecular weight excluding hydrogens is 410 g/mol. The molecule has 1 amide bonds. The Labute approximate surface area is 177 Å². The van der Waals surface area contributed by atoms with Gasteiger partial charge in [-0.3, -0.25) is 9.69 Å². The highest BCUT2D eigenvalue weighted by molar-refractivity contribution is 7.88. The molecule has 8 heteroatoms. The van der Waals surface area contributed by atoms with E-state index in [2.05, 4.69) is 5.32 Å². The molecule has 156 valence electrons. The first-order valence-electron chi connectivity index (χ1n) is 9.55. The van der Waals surface area contributed by atoms with E-state index in [0.29, 0.717) is 36.9 Å². The minimum atomic E-state index is -3.36. The topological polar surface area (TPSA) is 69.7 Å². The maximum absolute atomic E-state index is 12.6. The molecule has 6 nitrogen and oxygen atoms in total. The molecule has 3 rings (SSSR count). The molecule has 0 atom stereocenters. The van der Waals surface area contributed by atoms with Crippen LogP contribution in [-0.4, -0.2) is 56.3 Å². The van der Waals surface area contributed by atoms with Gasteiger partial charge >= 0.3 is 0 Å². The van der Waals surface area contributed by atoms with Gasteiger partial charge < -0.3 is 5.32 Å². The number of anilines is 1. The van der Waals surface area contributed by atoms with Crippen LogP contribution in [0, 0.1) is 13.8 Å². The lowest BCUT2D eigenvalue weighted by Crippen LogP contribution is -2.50. The van der Waals surface area contributed by atoms with E-state index in [4.69, 9.17) is 11.6 Å². The number of piperazine rings is 1. The largest absolute Gasteiger partial charge is 0.323 e. The minimum Gasteiger partial charge on any atom is -0.323 e. The number of carbonyl (C=O) groups is 1. The summed E-state index contributed by atoms with van der Waals surface area (Å²) < 4.78 is 26.8. The fraction of sp³-hybridized carbons (Fsp3) is 0.381. The first-order chi connectivity index (χ1) is 13.7. The highest BCUT2D eigenvalue weighted by Gasteiger charge is 2.27. The second-order valence-electron chi connectivity index (χ2n) is 7.40. The molecule has 1 N–H and O–H groups in total. The smallest absolute Gasteiger partial charge is 0.238 e. The van der Waals surface area contributed by atoms with E-state index in [-0.39, 0.29) is 18.2 Å². The maximum atomic E-state index is 12.6. The van der Waals surface area contributed by atoms with Crippen LogP contribution < -0.4 is 5.32 Å². The average Bonchev–Trinajstić information content (AvgIpc) is 2.65. The van der Waals surface area contributed by atoms with Gasteiger partial charge in [-0.05, 0) is 36.6 Å². The van der Waals surface area contributed by atoms with Gasteiger partial charge in [0.25, 0.3) is 0 Å². The molecule has 0 bridgehead atoms. The Bertz CT molecular complexity index is 949. The zero-order valence-electron chi connectivity index (χ0n) is 16.7. The second kappa shape index (κ2) is 9.26. The molecule has 2 aromatic carbocycles. The van der Waals surface area contributed by atoms with E-state index in [0.717, 1.165) is 16.7 Å². The molecule has 1 aliphatic rings. The van der Waals surface area contributed by atoms with Crippen LogP contribution in [0.1, 0.15) is 16.7 Å². The zero-order chi connectivity index (χ0) is 21.0. The summed E-state index contributed by atoms with van der Waals surface area (Å²) in [5.41, 5.74) is 3.37. The van der Waals surface area contributed by atoms with Crippen LogP contribution in [0.3, 0.4) is 0 Å². The average molecular weight is 436 g/mol. The number of nitrogens with zero attached hydrogens (tertiary/aromatic N) is 2. The molecule has 2 aromatic rings. The lowest BCUT2D eigenvalue weighted by atomic mass is 10.1. The summed E-state index contributed by atoms with van der Waals surface area (Å²) in [6.45, 7) is 5.86. The number of benzene rings is 2. The van der Waals surface area contributed by atoms with Gasteiger partial charge in [0.05, 0.1) is 23.0 Å². The van der Waals surface area contributed by atoms with Crippen molar-refractivity contribution >= 4 is 33.2 Å². The van der Waals surface area contributed by atoms with E-state index < -0.39 is 10.0 Å². The number of hydrogen-bond donors (Lipinski definition) is 1. The third-order valence-electron chi connectivity index (χ3n) is 4.98. The van der Waals surface area contributed by atoms with E-state index in [9.17, 15) is 13.2 Å². The van der Waals surface area contributed by atoms with Gasteiger partial charge in [-0.1, -0.05) is 48.0 Å². The molecule has 1 saturated heterocycles. The number of aryl methyl sites for hydroxylation is 2. The fourth-order valence-electron chi connectivity index (χ4n) is 3.50. The third-order valence-corrected chi connectivity index (χ3v) is 7.13. The monoisotopic (exact) mass is 435 g/mol. The molecule has 1 heterocycles. The van der Waals surface area contributed by atoms with Crippen molar-refractivity contribution in [3.8, 4) is 0 Å². The Balaban J connectivity index is 1.52. The predicted octanol–water partition coefficient (Wildman–Crippen LogP) is 3.04. The van der Waals surface area contributed by atoms with Gasteiger partial charge in [0.2, 0.25) is 15.9 Å². The Morgan fingerprint density at radius 3 is 2.34 bits per heavy atom. The van der Waals surface area contributed by atoms with Crippen LogP contribution in [0.15, 0.2) is 42.5 Å². The minimum absolute atomic E-state index is 0.000470. The van der Waals surface area contributed by atoms with Crippen LogP contribution >= 0.6 is 11.6 Å². The van der Waals surface area contributed by atoms with Gasteiger partial charge in [-0.25, -0.2) is 8.42 Å². The Morgan fingerprint density at radius 2 is 1.72 bits per heavy atom. The third kappa shape index (κ3) is 5.79. The molecular formula is C21H26ClN3O3S. The number of hydrogen-bond acceptors (Lipinski definition) is 4. The molecule has 0 aliphatic carbocycles. The number of nitrogens with one attached hydrogen (secondary N) is 1. The van der Waals surface area contributed by atoms with Crippen molar-refractivity contribution in [1.29, 1.82) is 0 Å². The Morgan fingerprint density at radius 1 is 1.07 bits per heavy atom. The summed E-state index contributed by atoms with van der Waals surface area (Å²) in [4.78, 5) is 14.4. The van der Waals surface area contributed by atoms with Gasteiger partial charge in [0.1, 0.15) is 0 Å². The highest BCUT2D eigenvalue weighted by Crippen LogP contribution is 2.27. The van der Waals surface area contributed by atoms with Crippen molar-refractivity contribution in [3.05, 3.63) is 64.2 Å². The number of rotatable bonds is 6. The van der Waals surface area contributed by atoms with E-state index in [1.54, 1.807) is 0 Å². The molecule has 0 spiro atoms. The van der Waals surface area contributed by atoms with Crippen molar-refractivity contribution in [2.24, 2.45) is 0 Å². The SMILES string of the molecule is Cc1cc(C)c(NC(=O)CN2CCN(S(=O)(=O)Cc3ccccc3)CC2)c(Cl)c1. The first kappa shape index (κ1) is 21.8.